The van der Waals surface area contributed by atoms with Crippen LogP contribution in [0.2, 0.25) is 0 Å². The number of benzene rings is 3. The van der Waals surface area contributed by atoms with Crippen molar-refractivity contribution in [3.63, 3.8) is 0 Å². The van der Waals surface area contributed by atoms with E-state index < -0.39 is 0 Å². The van der Waals surface area contributed by atoms with E-state index in [1.165, 1.54) is 14.2 Å². The first kappa shape index (κ1) is 21.0. The number of para-hydroxylation sites is 1. The van der Waals surface area contributed by atoms with Gasteiger partial charge in [0.15, 0.2) is 23.5 Å². The van der Waals surface area contributed by atoms with Gasteiger partial charge in [-0.05, 0) is 35.9 Å². The topological polar surface area (TPSA) is 99.7 Å². The highest BCUT2D eigenvalue weighted by Crippen LogP contribution is 2.49. The van der Waals surface area contributed by atoms with Gasteiger partial charge in [0, 0.05) is 29.7 Å². The molecule has 2 heterocycles. The molecule has 2 atom stereocenters. The summed E-state index contributed by atoms with van der Waals surface area (Å²) in [4.78, 5) is 4.60. The lowest BCUT2D eigenvalue weighted by Gasteiger charge is -2.33. The van der Waals surface area contributed by atoms with Gasteiger partial charge in [-0.3, -0.25) is 0 Å². The fourth-order valence-corrected chi connectivity index (χ4v) is 4.16. The fraction of sp³-hybridized carbons (Fsp3) is 0.250. The van der Waals surface area contributed by atoms with Crippen molar-refractivity contribution in [3.05, 3.63) is 65.7 Å². The third kappa shape index (κ3) is 4.04. The number of hydrazine groups is 1. The van der Waals surface area contributed by atoms with Gasteiger partial charge in [-0.25, -0.2) is 5.26 Å². The van der Waals surface area contributed by atoms with Crippen molar-refractivity contribution in [2.24, 2.45) is 0 Å². The van der Waals surface area contributed by atoms with Crippen LogP contribution in [0.25, 0.3) is 0 Å². The van der Waals surface area contributed by atoms with Crippen molar-refractivity contribution < 1.29 is 33.8 Å². The molecule has 5 rings (SSSR count). The third-order valence-electron chi connectivity index (χ3n) is 5.72. The van der Waals surface area contributed by atoms with Gasteiger partial charge in [-0.1, -0.05) is 18.2 Å². The monoisotopic (exact) mass is 452 g/mol. The van der Waals surface area contributed by atoms with Gasteiger partial charge in [-0.2, -0.15) is 5.43 Å². The molecule has 172 valence electrons. The number of ether oxygens (including phenoxy) is 5. The standard InChI is InChI=1S/C24H24N2O7/c1-28-21-8-14(9-22(33-27)24(21)29-2)16-11-23(26-25-15-6-4-3-5-7-15)32-18-12-20-19(10-17(16)18)30-13-31-20/h3-10,12,16,23,25-27H,11,13H2,1-2H3. The second kappa shape index (κ2) is 8.97. The Kier molecular flexibility index (Phi) is 5.72. The summed E-state index contributed by atoms with van der Waals surface area (Å²) in [5.41, 5.74) is 9.13. The average Bonchev–Trinajstić information content (AvgIpc) is 3.32. The van der Waals surface area contributed by atoms with Crippen LogP contribution in [0, 0.1) is 0 Å². The van der Waals surface area contributed by atoms with E-state index in [0.717, 1.165) is 16.8 Å². The Morgan fingerprint density at radius 2 is 1.67 bits per heavy atom. The molecule has 0 aromatic heterocycles. The molecule has 2 unspecified atom stereocenters. The molecule has 0 spiro atoms. The summed E-state index contributed by atoms with van der Waals surface area (Å²) in [6.45, 7) is 0.166. The zero-order chi connectivity index (χ0) is 22.8. The van der Waals surface area contributed by atoms with Crippen molar-refractivity contribution >= 4 is 5.69 Å². The Morgan fingerprint density at radius 3 is 2.39 bits per heavy atom. The molecule has 3 N–H and O–H groups in total. The van der Waals surface area contributed by atoms with E-state index in [2.05, 4.69) is 15.7 Å². The maximum absolute atomic E-state index is 9.46. The predicted molar refractivity (Wildman–Crippen MR) is 119 cm³/mol. The van der Waals surface area contributed by atoms with E-state index >= 15 is 0 Å². The molecule has 2 aliphatic heterocycles. The minimum absolute atomic E-state index is 0.132. The highest BCUT2D eigenvalue weighted by Gasteiger charge is 2.33. The molecule has 0 bridgehead atoms. The lowest BCUT2D eigenvalue weighted by Crippen LogP contribution is -2.42. The highest BCUT2D eigenvalue weighted by molar-refractivity contribution is 5.59. The highest BCUT2D eigenvalue weighted by atomic mass is 17.1. The second-order valence-electron chi connectivity index (χ2n) is 7.62. The number of anilines is 1. The molecule has 0 amide bonds. The summed E-state index contributed by atoms with van der Waals surface area (Å²) in [7, 11) is 3.02. The maximum atomic E-state index is 9.46. The summed E-state index contributed by atoms with van der Waals surface area (Å²) in [6, 6.07) is 17.1. The quantitative estimate of drug-likeness (QED) is 0.361. The molecule has 9 nitrogen and oxygen atoms in total. The number of fused-ring (bicyclic) bond motifs is 2. The van der Waals surface area contributed by atoms with Crippen molar-refractivity contribution in [1.82, 2.24) is 5.43 Å². The van der Waals surface area contributed by atoms with Crippen LogP contribution in [0.4, 0.5) is 5.69 Å². The van der Waals surface area contributed by atoms with Crippen LogP contribution < -0.4 is 39.4 Å². The summed E-state index contributed by atoms with van der Waals surface area (Å²) in [5.74, 6) is 2.75. The Balaban J connectivity index is 1.52. The van der Waals surface area contributed by atoms with Gasteiger partial charge in [0.05, 0.1) is 14.2 Å². The molecule has 3 aromatic rings. The number of hydrogen-bond acceptors (Lipinski definition) is 9. The Hall–Kier alpha value is -3.82. The number of rotatable bonds is 7. The zero-order valence-electron chi connectivity index (χ0n) is 18.2. The lowest BCUT2D eigenvalue weighted by molar-refractivity contribution is -0.139. The van der Waals surface area contributed by atoms with E-state index in [1.54, 1.807) is 6.07 Å². The van der Waals surface area contributed by atoms with Crippen molar-refractivity contribution in [1.29, 1.82) is 0 Å². The largest absolute Gasteiger partial charge is 0.493 e. The predicted octanol–water partition coefficient (Wildman–Crippen LogP) is 4.14. The van der Waals surface area contributed by atoms with Crippen molar-refractivity contribution in [2.75, 3.05) is 26.4 Å². The van der Waals surface area contributed by atoms with E-state index in [9.17, 15) is 5.26 Å². The van der Waals surface area contributed by atoms with Crippen LogP contribution in [-0.4, -0.2) is 32.5 Å². The average molecular weight is 452 g/mol. The summed E-state index contributed by atoms with van der Waals surface area (Å²) in [5, 5.41) is 9.46. The van der Waals surface area contributed by atoms with Crippen LogP contribution in [0.5, 0.6) is 34.5 Å². The van der Waals surface area contributed by atoms with Crippen LogP contribution >= 0.6 is 0 Å². The van der Waals surface area contributed by atoms with Gasteiger partial charge >= 0.3 is 0 Å². The van der Waals surface area contributed by atoms with E-state index in [0.29, 0.717) is 35.2 Å². The first-order valence-corrected chi connectivity index (χ1v) is 10.4. The minimum Gasteiger partial charge on any atom is -0.493 e. The number of methoxy groups -OCH3 is 2. The van der Waals surface area contributed by atoms with Gasteiger partial charge in [0.1, 0.15) is 5.75 Å². The van der Waals surface area contributed by atoms with Crippen molar-refractivity contribution in [3.8, 4) is 34.5 Å². The summed E-state index contributed by atoms with van der Waals surface area (Å²) in [6.07, 6.45) is 0.210. The molecule has 0 radical (unpaired) electrons. The van der Waals surface area contributed by atoms with Crippen LogP contribution in [0.1, 0.15) is 23.5 Å². The zero-order valence-corrected chi connectivity index (χ0v) is 18.2. The molecule has 0 fully saturated rings. The molecule has 2 aliphatic rings. The Bertz CT molecular complexity index is 1110. The van der Waals surface area contributed by atoms with Gasteiger partial charge in [0.2, 0.25) is 18.3 Å². The van der Waals surface area contributed by atoms with Crippen LogP contribution in [-0.2, 0) is 0 Å². The molecular formula is C24H24N2O7. The molecule has 0 saturated heterocycles. The Morgan fingerprint density at radius 1 is 0.909 bits per heavy atom. The normalized spacial score (nSPS) is 18.2. The molecule has 0 saturated carbocycles. The molecule has 33 heavy (non-hydrogen) atoms. The SMILES string of the molecule is COc1cc(C2CC(NNc3ccccc3)Oc3cc4c(cc32)OCO4)cc(OO)c1OC. The van der Waals surface area contributed by atoms with E-state index in [1.807, 2.05) is 48.5 Å². The summed E-state index contributed by atoms with van der Waals surface area (Å²) < 4.78 is 28.2. The second-order valence-corrected chi connectivity index (χ2v) is 7.62. The Labute approximate surface area is 190 Å². The van der Waals surface area contributed by atoms with E-state index in [-0.39, 0.29) is 24.7 Å². The molecular weight excluding hydrogens is 428 g/mol. The first-order valence-electron chi connectivity index (χ1n) is 10.4. The molecule has 0 aliphatic carbocycles. The lowest BCUT2D eigenvalue weighted by atomic mass is 9.85. The third-order valence-corrected chi connectivity index (χ3v) is 5.72. The van der Waals surface area contributed by atoms with Crippen molar-refractivity contribution in [2.45, 2.75) is 18.6 Å². The smallest absolute Gasteiger partial charge is 0.231 e. The first-order chi connectivity index (χ1) is 16.2. The summed E-state index contributed by atoms with van der Waals surface area (Å²) >= 11 is 0. The number of nitrogens with one attached hydrogen (secondary N) is 2. The van der Waals surface area contributed by atoms with Gasteiger partial charge in [0.25, 0.3) is 0 Å². The fourth-order valence-electron chi connectivity index (χ4n) is 4.16. The van der Waals surface area contributed by atoms with Gasteiger partial charge < -0.3 is 34.0 Å². The van der Waals surface area contributed by atoms with Crippen LogP contribution in [0.3, 0.4) is 0 Å². The van der Waals surface area contributed by atoms with E-state index in [4.69, 9.17) is 23.7 Å². The van der Waals surface area contributed by atoms with Crippen LogP contribution in [0.15, 0.2) is 54.6 Å². The molecule has 3 aromatic carbocycles. The number of hydrogen-bond donors (Lipinski definition) is 3. The molecule has 9 heteroatoms. The maximum Gasteiger partial charge on any atom is 0.231 e. The minimum atomic E-state index is -0.366. The van der Waals surface area contributed by atoms with Gasteiger partial charge in [-0.15, -0.1) is 0 Å².